The second-order valence-electron chi connectivity index (χ2n) is 6.06. The van der Waals surface area contributed by atoms with Crippen molar-refractivity contribution in [1.82, 2.24) is 4.90 Å². The minimum absolute atomic E-state index is 0.112. The van der Waals surface area contributed by atoms with Crippen molar-refractivity contribution in [2.24, 2.45) is 0 Å². The van der Waals surface area contributed by atoms with Crippen LogP contribution in [0, 0.1) is 6.92 Å². The normalized spacial score (nSPS) is 11.6. The summed E-state index contributed by atoms with van der Waals surface area (Å²) in [6.07, 6.45) is 1.11. The Morgan fingerprint density at radius 2 is 1.88 bits per heavy atom. The van der Waals surface area contributed by atoms with Gasteiger partial charge in [0.2, 0.25) is 5.91 Å². The number of sulfone groups is 1. The minimum atomic E-state index is -3.37. The molecule has 0 saturated carbocycles. The number of hydrogen-bond acceptors (Lipinski definition) is 4. The van der Waals surface area contributed by atoms with Gasteiger partial charge in [0.25, 0.3) is 0 Å². The highest BCUT2D eigenvalue weighted by Crippen LogP contribution is 2.25. The second-order valence-corrected chi connectivity index (χ2v) is 8.48. The van der Waals surface area contributed by atoms with Gasteiger partial charge in [0, 0.05) is 12.8 Å². The molecule has 1 amide bonds. The standard InChI is InChI=1S/C18H21ClN2O3S/c1-13-6-4-5-7-14(13)11-21(2)12-18(22)20-17-10-15(25(3,23)24)8-9-16(17)19/h4-10H,11-12H2,1-3H3,(H,20,22). The summed E-state index contributed by atoms with van der Waals surface area (Å²) >= 11 is 6.05. The van der Waals surface area contributed by atoms with Crippen molar-refractivity contribution in [3.8, 4) is 0 Å². The Labute approximate surface area is 153 Å². The summed E-state index contributed by atoms with van der Waals surface area (Å²) < 4.78 is 23.3. The molecule has 0 bridgehead atoms. The molecule has 5 nitrogen and oxygen atoms in total. The number of likely N-dealkylation sites (N-methyl/N-ethyl adjacent to an activating group) is 1. The van der Waals surface area contributed by atoms with Crippen molar-refractivity contribution >= 4 is 33.0 Å². The van der Waals surface area contributed by atoms with Crippen LogP contribution in [0.15, 0.2) is 47.4 Å². The van der Waals surface area contributed by atoms with Gasteiger partial charge in [-0.15, -0.1) is 0 Å². The molecule has 0 fully saturated rings. The number of rotatable bonds is 6. The number of hydrogen-bond donors (Lipinski definition) is 1. The fraction of sp³-hybridized carbons (Fsp3) is 0.278. The molecule has 0 heterocycles. The van der Waals surface area contributed by atoms with Gasteiger partial charge in [0.1, 0.15) is 0 Å². The van der Waals surface area contributed by atoms with Crippen LogP contribution in [0.1, 0.15) is 11.1 Å². The molecule has 0 aliphatic rings. The van der Waals surface area contributed by atoms with Gasteiger partial charge in [-0.05, 0) is 43.3 Å². The predicted octanol–water partition coefficient (Wildman–Crippen LogP) is 3.12. The molecule has 0 aliphatic heterocycles. The average Bonchev–Trinajstić information content (AvgIpc) is 2.50. The topological polar surface area (TPSA) is 66.5 Å². The lowest BCUT2D eigenvalue weighted by Crippen LogP contribution is -2.30. The molecule has 0 saturated heterocycles. The van der Waals surface area contributed by atoms with E-state index in [0.717, 1.165) is 11.8 Å². The second kappa shape index (κ2) is 7.99. The smallest absolute Gasteiger partial charge is 0.238 e. The molecule has 0 aliphatic carbocycles. The zero-order valence-electron chi connectivity index (χ0n) is 14.4. The van der Waals surface area contributed by atoms with E-state index in [1.165, 1.54) is 23.8 Å². The molecule has 0 spiro atoms. The maximum Gasteiger partial charge on any atom is 0.238 e. The third-order valence-electron chi connectivity index (χ3n) is 3.76. The Balaban J connectivity index is 2.04. The van der Waals surface area contributed by atoms with Gasteiger partial charge < -0.3 is 5.32 Å². The molecule has 0 unspecified atom stereocenters. The summed E-state index contributed by atoms with van der Waals surface area (Å²) in [6, 6.07) is 12.2. The third-order valence-corrected chi connectivity index (χ3v) is 5.19. The number of nitrogens with one attached hydrogen (secondary N) is 1. The number of anilines is 1. The van der Waals surface area contributed by atoms with Crippen LogP contribution in [0.25, 0.3) is 0 Å². The largest absolute Gasteiger partial charge is 0.324 e. The van der Waals surface area contributed by atoms with Crippen LogP contribution in [-0.4, -0.2) is 39.1 Å². The molecule has 1 N–H and O–H groups in total. The zero-order valence-corrected chi connectivity index (χ0v) is 16.0. The van der Waals surface area contributed by atoms with Crippen LogP contribution in [0.5, 0.6) is 0 Å². The first-order valence-corrected chi connectivity index (χ1v) is 9.96. The number of carbonyl (C=O) groups is 1. The maximum absolute atomic E-state index is 12.3. The summed E-state index contributed by atoms with van der Waals surface area (Å²) in [6.45, 7) is 2.82. The number of carbonyl (C=O) groups excluding carboxylic acids is 1. The molecule has 0 atom stereocenters. The van der Waals surface area contributed by atoms with E-state index in [9.17, 15) is 13.2 Å². The highest BCUT2D eigenvalue weighted by molar-refractivity contribution is 7.90. The fourth-order valence-electron chi connectivity index (χ4n) is 2.40. The first-order chi connectivity index (χ1) is 11.7. The van der Waals surface area contributed by atoms with Crippen LogP contribution in [-0.2, 0) is 21.2 Å². The number of nitrogens with zero attached hydrogens (tertiary/aromatic N) is 1. The summed E-state index contributed by atoms with van der Waals surface area (Å²) in [4.78, 5) is 14.2. The van der Waals surface area contributed by atoms with E-state index >= 15 is 0 Å². The first kappa shape index (κ1) is 19.4. The Kier molecular flexibility index (Phi) is 6.21. The highest BCUT2D eigenvalue weighted by Gasteiger charge is 2.14. The predicted molar refractivity (Wildman–Crippen MR) is 101 cm³/mol. The highest BCUT2D eigenvalue weighted by atomic mass is 35.5. The molecule has 25 heavy (non-hydrogen) atoms. The van der Waals surface area contributed by atoms with E-state index in [2.05, 4.69) is 5.32 Å². The Morgan fingerprint density at radius 1 is 1.20 bits per heavy atom. The van der Waals surface area contributed by atoms with Crippen molar-refractivity contribution in [3.05, 3.63) is 58.6 Å². The van der Waals surface area contributed by atoms with Gasteiger partial charge in [-0.25, -0.2) is 8.42 Å². The van der Waals surface area contributed by atoms with Crippen molar-refractivity contribution in [3.63, 3.8) is 0 Å². The average molecular weight is 381 g/mol. The first-order valence-electron chi connectivity index (χ1n) is 7.69. The van der Waals surface area contributed by atoms with E-state index < -0.39 is 9.84 Å². The van der Waals surface area contributed by atoms with Crippen molar-refractivity contribution < 1.29 is 13.2 Å². The number of benzene rings is 2. The molecule has 2 rings (SSSR count). The van der Waals surface area contributed by atoms with Gasteiger partial charge in [-0.1, -0.05) is 35.9 Å². The SMILES string of the molecule is Cc1ccccc1CN(C)CC(=O)Nc1cc(S(C)(=O)=O)ccc1Cl. The Bertz CT molecular complexity index is 882. The van der Waals surface area contributed by atoms with E-state index in [4.69, 9.17) is 11.6 Å². The van der Waals surface area contributed by atoms with Crippen LogP contribution in [0.4, 0.5) is 5.69 Å². The maximum atomic E-state index is 12.3. The lowest BCUT2D eigenvalue weighted by atomic mass is 10.1. The monoisotopic (exact) mass is 380 g/mol. The van der Waals surface area contributed by atoms with E-state index in [-0.39, 0.29) is 17.3 Å². The number of halogens is 1. The fourth-order valence-corrected chi connectivity index (χ4v) is 3.21. The van der Waals surface area contributed by atoms with Crippen molar-refractivity contribution in [1.29, 1.82) is 0 Å². The number of amides is 1. The molecule has 2 aromatic carbocycles. The summed E-state index contributed by atoms with van der Waals surface area (Å²) in [5.41, 5.74) is 2.60. The summed E-state index contributed by atoms with van der Waals surface area (Å²) in [7, 11) is -1.52. The molecule has 0 radical (unpaired) electrons. The molecular formula is C18H21ClN2O3S. The molecule has 7 heteroatoms. The van der Waals surface area contributed by atoms with Crippen molar-refractivity contribution in [2.75, 3.05) is 25.2 Å². The van der Waals surface area contributed by atoms with E-state index in [1.54, 1.807) is 0 Å². The summed E-state index contributed by atoms with van der Waals surface area (Å²) in [5.74, 6) is -0.261. The van der Waals surface area contributed by atoms with E-state index in [0.29, 0.717) is 17.3 Å². The van der Waals surface area contributed by atoms with Gasteiger partial charge in [-0.3, -0.25) is 9.69 Å². The van der Waals surface area contributed by atoms with Gasteiger partial charge in [0.15, 0.2) is 9.84 Å². The lowest BCUT2D eigenvalue weighted by Gasteiger charge is -2.18. The third kappa shape index (κ3) is 5.56. The van der Waals surface area contributed by atoms with Crippen LogP contribution < -0.4 is 5.32 Å². The molecule has 2 aromatic rings. The van der Waals surface area contributed by atoms with Crippen molar-refractivity contribution in [2.45, 2.75) is 18.4 Å². The van der Waals surface area contributed by atoms with Crippen LogP contribution >= 0.6 is 11.6 Å². The van der Waals surface area contributed by atoms with Gasteiger partial charge in [-0.2, -0.15) is 0 Å². The number of aryl methyl sites for hydroxylation is 1. The quantitative estimate of drug-likeness (QED) is 0.836. The molecule has 134 valence electrons. The van der Waals surface area contributed by atoms with Crippen LogP contribution in [0.3, 0.4) is 0 Å². The summed E-state index contributed by atoms with van der Waals surface area (Å²) in [5, 5.41) is 2.97. The zero-order chi connectivity index (χ0) is 18.6. The minimum Gasteiger partial charge on any atom is -0.324 e. The van der Waals surface area contributed by atoms with Crippen LogP contribution in [0.2, 0.25) is 5.02 Å². The Morgan fingerprint density at radius 3 is 2.52 bits per heavy atom. The van der Waals surface area contributed by atoms with Gasteiger partial charge >= 0.3 is 0 Å². The van der Waals surface area contributed by atoms with Gasteiger partial charge in [0.05, 0.1) is 22.2 Å². The van der Waals surface area contributed by atoms with E-state index in [1.807, 2.05) is 43.1 Å². The lowest BCUT2D eigenvalue weighted by molar-refractivity contribution is -0.117. The molecular weight excluding hydrogens is 360 g/mol. The molecule has 0 aromatic heterocycles. The Hall–Kier alpha value is -1.89.